The highest BCUT2D eigenvalue weighted by Crippen LogP contribution is 2.17. The minimum atomic E-state index is -2.77. The maximum atomic E-state index is 13.0. The van der Waals surface area contributed by atoms with Gasteiger partial charge in [-0.15, -0.1) is 0 Å². The molecule has 1 rings (SSSR count). The van der Waals surface area contributed by atoms with Gasteiger partial charge in [0, 0.05) is 12.6 Å². The van der Waals surface area contributed by atoms with Crippen LogP contribution in [0, 0.1) is 5.82 Å². The van der Waals surface area contributed by atoms with E-state index in [1.54, 1.807) is 12.1 Å². The monoisotopic (exact) mass is 247 g/mol. The third-order valence-corrected chi connectivity index (χ3v) is 2.52. The summed E-state index contributed by atoms with van der Waals surface area (Å²) in [6.45, 7) is 1.64. The molecule has 0 bridgehead atoms. The fraction of sp³-hybridized carbons (Fsp3) is 0.500. The highest BCUT2D eigenvalue weighted by molar-refractivity contribution is 5.20. The van der Waals surface area contributed by atoms with Gasteiger partial charge in [0.05, 0.1) is 0 Å². The van der Waals surface area contributed by atoms with Gasteiger partial charge >= 0.3 is 0 Å². The van der Waals surface area contributed by atoms with E-state index in [2.05, 4.69) is 5.32 Å². The molecule has 2 nitrogen and oxygen atoms in total. The Labute approximate surface area is 98.5 Å². The lowest BCUT2D eigenvalue weighted by Gasteiger charge is -2.19. The second-order valence-corrected chi connectivity index (χ2v) is 3.83. The zero-order chi connectivity index (χ0) is 12.8. The van der Waals surface area contributed by atoms with E-state index in [0.29, 0.717) is 12.0 Å². The van der Waals surface area contributed by atoms with Crippen LogP contribution in [0.5, 0.6) is 0 Å². The normalized spacial score (nSPS) is 14.9. The third kappa shape index (κ3) is 4.36. The van der Waals surface area contributed by atoms with Crippen LogP contribution in [0.25, 0.3) is 0 Å². The first-order chi connectivity index (χ1) is 8.04. The summed E-state index contributed by atoms with van der Waals surface area (Å²) in [5.41, 5.74) is 0.689. The summed E-state index contributed by atoms with van der Waals surface area (Å²) in [5, 5.41) is 11.8. The van der Waals surface area contributed by atoms with Crippen molar-refractivity contribution in [2.24, 2.45) is 0 Å². The predicted molar refractivity (Wildman–Crippen MR) is 59.4 cm³/mol. The Morgan fingerprint density at radius 1 is 1.35 bits per heavy atom. The van der Waals surface area contributed by atoms with Gasteiger partial charge in [0.15, 0.2) is 0 Å². The van der Waals surface area contributed by atoms with E-state index in [-0.39, 0.29) is 18.4 Å². The molecule has 1 aromatic carbocycles. The Kier molecular flexibility index (Phi) is 5.44. The van der Waals surface area contributed by atoms with Crippen LogP contribution in [0.3, 0.4) is 0 Å². The Balaban J connectivity index is 2.60. The van der Waals surface area contributed by atoms with Crippen molar-refractivity contribution in [3.63, 3.8) is 0 Å². The maximum absolute atomic E-state index is 13.0. The van der Waals surface area contributed by atoms with E-state index in [0.717, 1.165) is 0 Å². The predicted octanol–water partition coefficient (Wildman–Crippen LogP) is 2.49. The zero-order valence-corrected chi connectivity index (χ0v) is 9.54. The number of aliphatic hydroxyl groups is 1. The van der Waals surface area contributed by atoms with E-state index >= 15 is 0 Å². The molecule has 5 heteroatoms. The Morgan fingerprint density at radius 2 is 2.06 bits per heavy atom. The fourth-order valence-electron chi connectivity index (χ4n) is 1.57. The summed E-state index contributed by atoms with van der Waals surface area (Å²) in [7, 11) is 0. The fourth-order valence-corrected chi connectivity index (χ4v) is 1.57. The van der Waals surface area contributed by atoms with Crippen molar-refractivity contribution in [2.45, 2.75) is 31.9 Å². The minimum Gasteiger partial charge on any atom is -0.386 e. The van der Waals surface area contributed by atoms with Crippen LogP contribution >= 0.6 is 0 Å². The van der Waals surface area contributed by atoms with Crippen LogP contribution in [-0.4, -0.2) is 24.2 Å². The van der Waals surface area contributed by atoms with Gasteiger partial charge in [0.25, 0.3) is 6.43 Å². The van der Waals surface area contributed by atoms with Gasteiger partial charge in [-0.25, -0.2) is 13.2 Å². The first kappa shape index (κ1) is 14.0. The summed E-state index contributed by atoms with van der Waals surface area (Å²) < 4.78 is 37.2. The molecule has 0 amide bonds. The zero-order valence-electron chi connectivity index (χ0n) is 9.54. The molecule has 0 aromatic heterocycles. The molecule has 1 aromatic rings. The lowest BCUT2D eigenvalue weighted by Crippen LogP contribution is -2.34. The van der Waals surface area contributed by atoms with Crippen molar-refractivity contribution in [3.05, 3.63) is 35.6 Å². The molecule has 0 saturated carbocycles. The Hall–Kier alpha value is -1.07. The van der Waals surface area contributed by atoms with E-state index in [9.17, 15) is 13.2 Å². The lowest BCUT2D eigenvalue weighted by molar-refractivity contribution is -0.00471. The van der Waals surface area contributed by atoms with Gasteiger partial charge in [0.2, 0.25) is 0 Å². The van der Waals surface area contributed by atoms with Crippen LogP contribution in [-0.2, 0) is 0 Å². The lowest BCUT2D eigenvalue weighted by atomic mass is 10.0. The summed E-state index contributed by atoms with van der Waals surface area (Å²) in [6.07, 6.45) is -3.84. The Bertz CT molecular complexity index is 346. The second-order valence-electron chi connectivity index (χ2n) is 3.83. The topological polar surface area (TPSA) is 32.3 Å². The van der Waals surface area contributed by atoms with Gasteiger partial charge in [-0.05, 0) is 24.1 Å². The van der Waals surface area contributed by atoms with Gasteiger partial charge < -0.3 is 10.4 Å². The van der Waals surface area contributed by atoms with Crippen molar-refractivity contribution in [1.29, 1.82) is 0 Å². The molecule has 2 N–H and O–H groups in total. The molecular weight excluding hydrogens is 231 g/mol. The molecule has 0 saturated heterocycles. The largest absolute Gasteiger partial charge is 0.386 e. The number of halogens is 3. The highest BCUT2D eigenvalue weighted by Gasteiger charge is 2.18. The summed E-state index contributed by atoms with van der Waals surface area (Å²) in [5.74, 6) is -0.364. The summed E-state index contributed by atoms with van der Waals surface area (Å²) in [6, 6.07) is 5.73. The molecule has 0 heterocycles. The number of hydrogen-bond acceptors (Lipinski definition) is 2. The molecule has 0 fully saturated rings. The van der Waals surface area contributed by atoms with Crippen LogP contribution in [0.4, 0.5) is 13.2 Å². The molecule has 17 heavy (non-hydrogen) atoms. The maximum Gasteiger partial charge on any atom is 0.265 e. The van der Waals surface area contributed by atoms with Crippen molar-refractivity contribution < 1.29 is 18.3 Å². The molecule has 0 aliphatic rings. The second kappa shape index (κ2) is 6.61. The molecule has 0 aliphatic heterocycles. The number of nitrogens with one attached hydrogen (secondary N) is 1. The molecule has 96 valence electrons. The highest BCUT2D eigenvalue weighted by atomic mass is 19.3. The quantitative estimate of drug-likeness (QED) is 0.809. The first-order valence-electron chi connectivity index (χ1n) is 5.49. The smallest absolute Gasteiger partial charge is 0.265 e. The van der Waals surface area contributed by atoms with Crippen molar-refractivity contribution in [1.82, 2.24) is 5.32 Å². The Morgan fingerprint density at radius 3 is 2.59 bits per heavy atom. The molecule has 0 spiro atoms. The van der Waals surface area contributed by atoms with Gasteiger partial charge in [0.1, 0.15) is 11.9 Å². The minimum absolute atomic E-state index is 0.216. The van der Waals surface area contributed by atoms with Crippen molar-refractivity contribution in [3.8, 4) is 0 Å². The van der Waals surface area contributed by atoms with Gasteiger partial charge in [-0.3, -0.25) is 0 Å². The number of alkyl halides is 2. The molecule has 2 unspecified atom stereocenters. The number of benzene rings is 1. The number of hydrogen-bond donors (Lipinski definition) is 2. The molecule has 0 aliphatic carbocycles. The van der Waals surface area contributed by atoms with E-state index < -0.39 is 12.5 Å². The SMILES string of the molecule is CCC(NCC(O)C(F)F)c1cccc(F)c1. The third-order valence-electron chi connectivity index (χ3n) is 2.52. The van der Waals surface area contributed by atoms with Gasteiger partial charge in [-0.2, -0.15) is 0 Å². The van der Waals surface area contributed by atoms with E-state index in [1.165, 1.54) is 12.1 Å². The van der Waals surface area contributed by atoms with Crippen molar-refractivity contribution in [2.75, 3.05) is 6.54 Å². The van der Waals surface area contributed by atoms with Crippen molar-refractivity contribution >= 4 is 0 Å². The van der Waals surface area contributed by atoms with Crippen LogP contribution < -0.4 is 5.32 Å². The number of aliphatic hydroxyl groups excluding tert-OH is 1. The number of rotatable bonds is 6. The average Bonchev–Trinajstić information content (AvgIpc) is 2.29. The van der Waals surface area contributed by atoms with Gasteiger partial charge in [-0.1, -0.05) is 19.1 Å². The van der Waals surface area contributed by atoms with Crippen LogP contribution in [0.2, 0.25) is 0 Å². The van der Waals surface area contributed by atoms with E-state index in [1.807, 2.05) is 6.92 Å². The average molecular weight is 247 g/mol. The molecule has 2 atom stereocenters. The standard InChI is InChI=1S/C12H16F3NO/c1-2-10(16-7-11(17)12(14)15)8-4-3-5-9(13)6-8/h3-6,10-12,16-17H,2,7H2,1H3. The first-order valence-corrected chi connectivity index (χ1v) is 5.49. The molecular formula is C12H16F3NO. The summed E-state index contributed by atoms with van der Waals surface area (Å²) in [4.78, 5) is 0. The molecule has 0 radical (unpaired) electrons. The van der Waals surface area contributed by atoms with Crippen LogP contribution in [0.1, 0.15) is 24.9 Å². The van der Waals surface area contributed by atoms with E-state index in [4.69, 9.17) is 5.11 Å². The van der Waals surface area contributed by atoms with Crippen LogP contribution in [0.15, 0.2) is 24.3 Å². The summed E-state index contributed by atoms with van der Waals surface area (Å²) >= 11 is 0.